The van der Waals surface area contributed by atoms with E-state index < -0.39 is 0 Å². The van der Waals surface area contributed by atoms with Crippen LogP contribution in [0, 0.1) is 17.8 Å². The zero-order chi connectivity index (χ0) is 12.1. The van der Waals surface area contributed by atoms with E-state index in [1.807, 2.05) is 0 Å². The number of rotatable bonds is 7. The van der Waals surface area contributed by atoms with Crippen LogP contribution in [0.5, 0.6) is 0 Å². The highest BCUT2D eigenvalue weighted by molar-refractivity contribution is 5.12. The molecule has 17 heavy (non-hydrogen) atoms. The summed E-state index contributed by atoms with van der Waals surface area (Å²) in [5, 5.41) is 3.71. The third kappa shape index (κ3) is 2.51. The minimum Gasteiger partial charge on any atom is -0.378 e. The lowest BCUT2D eigenvalue weighted by atomic mass is 9.51. The Morgan fingerprint density at radius 1 is 1.41 bits per heavy atom. The molecule has 0 aromatic carbocycles. The maximum Gasteiger partial charge on any atom is 0.0661 e. The number of unbranched alkanes of at least 4 members (excludes halogenated alkanes) is 2. The largest absolute Gasteiger partial charge is 0.378 e. The highest BCUT2D eigenvalue weighted by Gasteiger charge is 2.58. The fourth-order valence-electron chi connectivity index (χ4n) is 3.35. The summed E-state index contributed by atoms with van der Waals surface area (Å²) in [5.41, 5.74) is 0.502. The Balaban J connectivity index is 1.67. The highest BCUT2D eigenvalue weighted by Crippen LogP contribution is 2.57. The van der Waals surface area contributed by atoms with Crippen LogP contribution in [-0.4, -0.2) is 25.3 Å². The van der Waals surface area contributed by atoms with E-state index in [0.29, 0.717) is 17.6 Å². The van der Waals surface area contributed by atoms with E-state index in [4.69, 9.17) is 11.2 Å². The third-order valence-electron chi connectivity index (χ3n) is 4.58. The van der Waals surface area contributed by atoms with Crippen molar-refractivity contribution in [2.75, 3.05) is 13.2 Å². The zero-order valence-corrected chi connectivity index (χ0v) is 11.0. The van der Waals surface area contributed by atoms with Crippen LogP contribution in [-0.2, 0) is 4.74 Å². The van der Waals surface area contributed by atoms with Gasteiger partial charge in [0.25, 0.3) is 0 Å². The van der Waals surface area contributed by atoms with Crippen LogP contribution in [0.15, 0.2) is 0 Å². The molecular weight excluding hydrogens is 210 g/mol. The third-order valence-corrected chi connectivity index (χ3v) is 4.58. The average molecular weight is 235 g/mol. The summed E-state index contributed by atoms with van der Waals surface area (Å²) in [6.07, 6.45) is 14.4. The van der Waals surface area contributed by atoms with Crippen molar-refractivity contribution in [3.63, 3.8) is 0 Å². The van der Waals surface area contributed by atoms with E-state index in [-0.39, 0.29) is 0 Å². The van der Waals surface area contributed by atoms with Crippen molar-refractivity contribution in [1.82, 2.24) is 5.32 Å². The Morgan fingerprint density at radius 2 is 2.24 bits per heavy atom. The number of terminal acetylenes is 1. The van der Waals surface area contributed by atoms with E-state index in [1.165, 1.54) is 32.1 Å². The summed E-state index contributed by atoms with van der Waals surface area (Å²) < 4.78 is 5.84. The van der Waals surface area contributed by atoms with E-state index in [9.17, 15) is 0 Å². The summed E-state index contributed by atoms with van der Waals surface area (Å²) >= 11 is 0. The second kappa shape index (κ2) is 5.89. The second-order valence-electron chi connectivity index (χ2n) is 5.43. The monoisotopic (exact) mass is 235 g/mol. The van der Waals surface area contributed by atoms with Gasteiger partial charge < -0.3 is 10.1 Å². The Morgan fingerprint density at radius 3 is 2.82 bits per heavy atom. The summed E-state index contributed by atoms with van der Waals surface area (Å²) in [5.74, 6) is 2.70. The molecule has 0 bridgehead atoms. The lowest BCUT2D eigenvalue weighted by Crippen LogP contribution is -2.66. The van der Waals surface area contributed by atoms with Crippen molar-refractivity contribution in [3.8, 4) is 12.3 Å². The molecule has 2 unspecified atom stereocenters. The van der Waals surface area contributed by atoms with Gasteiger partial charge in [-0.25, -0.2) is 0 Å². The van der Waals surface area contributed by atoms with Gasteiger partial charge in [0, 0.05) is 24.5 Å². The molecule has 2 saturated carbocycles. The van der Waals surface area contributed by atoms with Crippen molar-refractivity contribution >= 4 is 0 Å². The Bertz CT molecular complexity index is 277. The number of hydrogen-bond acceptors (Lipinski definition) is 2. The lowest BCUT2D eigenvalue weighted by Gasteiger charge is -2.61. The SMILES string of the molecule is C#CCCCCNC1CC(OCC)C12CCC2. The van der Waals surface area contributed by atoms with Gasteiger partial charge in [0.15, 0.2) is 0 Å². The first-order chi connectivity index (χ1) is 8.33. The molecule has 0 aromatic rings. The first-order valence-electron chi connectivity index (χ1n) is 7.12. The van der Waals surface area contributed by atoms with Gasteiger partial charge in [-0.05, 0) is 45.6 Å². The summed E-state index contributed by atoms with van der Waals surface area (Å²) in [7, 11) is 0. The fraction of sp³-hybridized carbons (Fsp3) is 0.867. The van der Waals surface area contributed by atoms with E-state index >= 15 is 0 Å². The van der Waals surface area contributed by atoms with Crippen LogP contribution < -0.4 is 5.32 Å². The molecular formula is C15H25NO. The molecule has 2 aliphatic rings. The molecule has 0 heterocycles. The maximum absolute atomic E-state index is 5.84. The quantitative estimate of drug-likeness (QED) is 0.541. The first-order valence-corrected chi connectivity index (χ1v) is 7.12. The molecule has 2 nitrogen and oxygen atoms in total. The molecule has 0 aromatic heterocycles. The molecule has 0 saturated heterocycles. The number of nitrogens with one attached hydrogen (secondary N) is 1. The molecule has 2 rings (SSSR count). The molecule has 1 spiro atoms. The van der Waals surface area contributed by atoms with Crippen molar-refractivity contribution in [1.29, 1.82) is 0 Å². The molecule has 0 aliphatic heterocycles. The highest BCUT2D eigenvalue weighted by atomic mass is 16.5. The Hall–Kier alpha value is -0.520. The van der Waals surface area contributed by atoms with E-state index in [0.717, 1.165) is 26.0 Å². The summed E-state index contributed by atoms with van der Waals surface area (Å²) in [6, 6.07) is 0.707. The Labute approximate surface area is 105 Å². The van der Waals surface area contributed by atoms with Gasteiger partial charge in [-0.2, -0.15) is 0 Å². The van der Waals surface area contributed by atoms with Gasteiger partial charge in [-0.15, -0.1) is 12.3 Å². The molecule has 0 radical (unpaired) electrons. The smallest absolute Gasteiger partial charge is 0.0661 e. The average Bonchev–Trinajstić information content (AvgIpc) is 2.23. The van der Waals surface area contributed by atoms with Gasteiger partial charge in [-0.1, -0.05) is 6.42 Å². The van der Waals surface area contributed by atoms with Gasteiger partial charge in [0.05, 0.1) is 6.10 Å². The van der Waals surface area contributed by atoms with E-state index in [1.54, 1.807) is 0 Å². The fourth-order valence-corrected chi connectivity index (χ4v) is 3.35. The van der Waals surface area contributed by atoms with Crippen LogP contribution >= 0.6 is 0 Å². The van der Waals surface area contributed by atoms with Crippen LogP contribution in [0.4, 0.5) is 0 Å². The molecule has 2 heteroatoms. The molecule has 0 amide bonds. The molecule has 2 aliphatic carbocycles. The first kappa shape index (κ1) is 12.9. The van der Waals surface area contributed by atoms with Gasteiger partial charge >= 0.3 is 0 Å². The predicted molar refractivity (Wildman–Crippen MR) is 70.8 cm³/mol. The standard InChI is InChI=1S/C15H25NO/c1-3-5-6-7-11-16-13-12-14(17-4-2)15(13)9-8-10-15/h1,13-14,16H,4-12H2,2H3. The maximum atomic E-state index is 5.84. The molecule has 1 N–H and O–H groups in total. The molecule has 2 atom stereocenters. The minimum absolute atomic E-state index is 0.502. The normalized spacial score (nSPS) is 29.4. The van der Waals surface area contributed by atoms with Crippen molar-refractivity contribution in [2.45, 2.75) is 64.0 Å². The van der Waals surface area contributed by atoms with Crippen molar-refractivity contribution in [3.05, 3.63) is 0 Å². The van der Waals surface area contributed by atoms with Crippen LogP contribution in [0.2, 0.25) is 0 Å². The van der Waals surface area contributed by atoms with Crippen LogP contribution in [0.1, 0.15) is 51.9 Å². The number of ether oxygens (including phenoxy) is 1. The topological polar surface area (TPSA) is 21.3 Å². The van der Waals surface area contributed by atoms with Crippen molar-refractivity contribution < 1.29 is 4.74 Å². The molecule has 96 valence electrons. The van der Waals surface area contributed by atoms with Gasteiger partial charge in [-0.3, -0.25) is 0 Å². The minimum atomic E-state index is 0.502. The number of hydrogen-bond donors (Lipinski definition) is 1. The van der Waals surface area contributed by atoms with E-state index in [2.05, 4.69) is 18.2 Å². The van der Waals surface area contributed by atoms with Gasteiger partial charge in [0.1, 0.15) is 0 Å². The van der Waals surface area contributed by atoms with Crippen molar-refractivity contribution in [2.24, 2.45) is 5.41 Å². The van der Waals surface area contributed by atoms with Crippen LogP contribution in [0.25, 0.3) is 0 Å². The zero-order valence-electron chi connectivity index (χ0n) is 11.0. The lowest BCUT2D eigenvalue weighted by molar-refractivity contribution is -0.172. The predicted octanol–water partition coefficient (Wildman–Crippen LogP) is 2.73. The van der Waals surface area contributed by atoms with Crippen LogP contribution in [0.3, 0.4) is 0 Å². The summed E-state index contributed by atoms with van der Waals surface area (Å²) in [6.45, 7) is 4.08. The van der Waals surface area contributed by atoms with Gasteiger partial charge in [0.2, 0.25) is 0 Å². The Kier molecular flexibility index (Phi) is 4.48. The molecule has 2 fully saturated rings. The second-order valence-corrected chi connectivity index (χ2v) is 5.43. The summed E-state index contributed by atoms with van der Waals surface area (Å²) in [4.78, 5) is 0.